The van der Waals surface area contributed by atoms with Gasteiger partial charge < -0.3 is 0 Å². The number of carbonyl (C=O) groups excluding carboxylic acids is 1. The van der Waals surface area contributed by atoms with E-state index in [1.807, 2.05) is 51.1 Å². The van der Waals surface area contributed by atoms with E-state index in [-0.39, 0.29) is 5.52 Å². The van der Waals surface area contributed by atoms with E-state index in [9.17, 15) is 4.79 Å². The Hall–Kier alpha value is -1.98. The number of hydrogen-bond donors (Lipinski definition) is 0. The van der Waals surface area contributed by atoms with Gasteiger partial charge in [0.1, 0.15) is 0 Å². The van der Waals surface area contributed by atoms with Gasteiger partial charge in [0.15, 0.2) is 5.52 Å². The van der Waals surface area contributed by atoms with E-state index < -0.39 is 7.92 Å². The molecule has 0 aliphatic heterocycles. The third-order valence-electron chi connectivity index (χ3n) is 4.24. The van der Waals surface area contributed by atoms with Crippen molar-refractivity contribution in [2.75, 3.05) is 0 Å². The van der Waals surface area contributed by atoms with Crippen LogP contribution in [0.15, 0.2) is 66.0 Å². The molecule has 0 aliphatic rings. The van der Waals surface area contributed by atoms with Crippen LogP contribution in [0.25, 0.3) is 0 Å². The second kappa shape index (κ2) is 8.92. The molecule has 0 aliphatic carbocycles. The molecule has 2 heteroatoms. The molecule has 0 bridgehead atoms. The maximum absolute atomic E-state index is 13.6. The van der Waals surface area contributed by atoms with Crippen LogP contribution >= 0.6 is 7.92 Å². The van der Waals surface area contributed by atoms with Gasteiger partial charge in [0.25, 0.3) is 0 Å². The lowest BCUT2D eigenvalue weighted by molar-refractivity contribution is 0.108. The van der Waals surface area contributed by atoms with Gasteiger partial charge in [-0.25, -0.2) is 0 Å². The maximum Gasteiger partial charge on any atom is 0.193 e. The normalized spacial score (nSPS) is 13.2. The van der Waals surface area contributed by atoms with Crippen LogP contribution in [-0.2, 0) is 0 Å². The van der Waals surface area contributed by atoms with E-state index in [0.717, 1.165) is 28.4 Å². The molecule has 130 valence electrons. The summed E-state index contributed by atoms with van der Waals surface area (Å²) in [7, 11) is -1.04. The minimum Gasteiger partial charge on any atom is -0.288 e. The topological polar surface area (TPSA) is 17.1 Å². The minimum atomic E-state index is -1.04. The fourth-order valence-electron chi connectivity index (χ4n) is 3.18. The number of aryl methyl sites for hydroxylation is 3. The van der Waals surface area contributed by atoms with Crippen molar-refractivity contribution in [1.29, 1.82) is 0 Å². The molecule has 1 atom stereocenters. The Kier molecular flexibility index (Phi) is 6.91. The molecule has 25 heavy (non-hydrogen) atoms. The first-order valence-electron chi connectivity index (χ1n) is 8.78. The van der Waals surface area contributed by atoms with Crippen LogP contribution in [0.3, 0.4) is 0 Å². The van der Waals surface area contributed by atoms with Crippen LogP contribution in [-0.4, -0.2) is 5.52 Å². The van der Waals surface area contributed by atoms with Crippen molar-refractivity contribution in [2.45, 2.75) is 41.0 Å². The van der Waals surface area contributed by atoms with Gasteiger partial charge in [-0.05, 0) is 55.9 Å². The molecular formula is C23H27OP. The predicted molar refractivity (Wildman–Crippen MR) is 111 cm³/mol. The first-order valence-corrected chi connectivity index (χ1v) is 10.1. The highest BCUT2D eigenvalue weighted by Gasteiger charge is 2.27. The molecule has 0 saturated carbocycles. The highest BCUT2D eigenvalue weighted by Crippen LogP contribution is 2.49. The summed E-state index contributed by atoms with van der Waals surface area (Å²) in [5, 5.41) is 2.34. The number of allylic oxidation sites excluding steroid dienone is 4. The largest absolute Gasteiger partial charge is 0.288 e. The molecule has 0 amide bonds. The van der Waals surface area contributed by atoms with Crippen LogP contribution in [0.1, 0.15) is 47.3 Å². The van der Waals surface area contributed by atoms with Gasteiger partial charge >= 0.3 is 0 Å². The molecule has 1 unspecified atom stereocenters. The maximum atomic E-state index is 13.6. The lowest BCUT2D eigenvalue weighted by atomic mass is 10.0. The van der Waals surface area contributed by atoms with Crippen molar-refractivity contribution < 1.29 is 4.79 Å². The van der Waals surface area contributed by atoms with Crippen LogP contribution in [0.2, 0.25) is 0 Å². The second-order valence-corrected chi connectivity index (χ2v) is 8.45. The molecule has 0 heterocycles. The quantitative estimate of drug-likeness (QED) is 0.433. The average Bonchev–Trinajstić information content (AvgIpc) is 2.58. The number of benzene rings is 2. The van der Waals surface area contributed by atoms with Gasteiger partial charge in [-0.3, -0.25) is 4.79 Å². The van der Waals surface area contributed by atoms with Crippen LogP contribution in [0.5, 0.6) is 0 Å². The Morgan fingerprint density at radius 1 is 1.04 bits per heavy atom. The number of rotatable bonds is 6. The minimum absolute atomic E-state index is 0.258. The van der Waals surface area contributed by atoms with Crippen molar-refractivity contribution in [2.24, 2.45) is 0 Å². The molecule has 0 radical (unpaired) electrons. The molecule has 1 nitrogen and oxygen atoms in total. The monoisotopic (exact) mass is 350 g/mol. The summed E-state index contributed by atoms with van der Waals surface area (Å²) in [6.45, 7) is 10.3. The second-order valence-electron chi connectivity index (χ2n) is 6.29. The van der Waals surface area contributed by atoms with Crippen molar-refractivity contribution >= 4 is 18.8 Å². The van der Waals surface area contributed by atoms with Crippen molar-refractivity contribution in [3.8, 4) is 0 Å². The van der Waals surface area contributed by atoms with E-state index in [0.29, 0.717) is 0 Å². The first kappa shape index (κ1) is 19.3. The average molecular weight is 350 g/mol. The zero-order valence-corrected chi connectivity index (χ0v) is 16.7. The van der Waals surface area contributed by atoms with Crippen molar-refractivity contribution in [3.63, 3.8) is 0 Å². The fourth-order valence-corrected chi connectivity index (χ4v) is 5.60. The van der Waals surface area contributed by atoms with E-state index in [4.69, 9.17) is 0 Å². The molecule has 0 spiro atoms. The Morgan fingerprint density at radius 2 is 1.64 bits per heavy atom. The van der Waals surface area contributed by atoms with Crippen LogP contribution in [0, 0.1) is 20.8 Å². The molecule has 0 saturated heterocycles. The summed E-state index contributed by atoms with van der Waals surface area (Å²) in [4.78, 5) is 13.6. The smallest absolute Gasteiger partial charge is 0.193 e. The SMILES string of the molecule is C/C=C\C=C(/CC)P(C(=O)c1c(C)cc(C)cc1C)c1ccccc1. The van der Waals surface area contributed by atoms with Gasteiger partial charge in [-0.1, -0.05) is 73.2 Å². The van der Waals surface area contributed by atoms with Gasteiger partial charge in [0.2, 0.25) is 0 Å². The molecule has 2 aromatic carbocycles. The van der Waals surface area contributed by atoms with Gasteiger partial charge in [0.05, 0.1) is 0 Å². The van der Waals surface area contributed by atoms with E-state index in [2.05, 4.69) is 44.2 Å². The molecule has 0 N–H and O–H groups in total. The summed E-state index contributed by atoms with van der Waals surface area (Å²) in [6.07, 6.45) is 7.05. The predicted octanol–water partition coefficient (Wildman–Crippen LogP) is 6.43. The van der Waals surface area contributed by atoms with Crippen LogP contribution < -0.4 is 5.30 Å². The molecular weight excluding hydrogens is 323 g/mol. The summed E-state index contributed by atoms with van der Waals surface area (Å²) in [6, 6.07) is 14.4. The van der Waals surface area contributed by atoms with Gasteiger partial charge in [-0.15, -0.1) is 0 Å². The standard InChI is InChI=1S/C23H27OP/c1-6-8-12-20(7-2)25(21-13-10-9-11-14-21)23(24)22-18(4)15-17(3)16-19(22)5/h6,8-16H,7H2,1-5H3/b8-6-,20-12+. The fraction of sp³-hybridized carbons (Fsp3) is 0.261. The van der Waals surface area contributed by atoms with E-state index in [1.54, 1.807) is 0 Å². The van der Waals surface area contributed by atoms with Gasteiger partial charge in [-0.2, -0.15) is 0 Å². The summed E-state index contributed by atoms with van der Waals surface area (Å²) < 4.78 is 0. The first-order chi connectivity index (χ1) is 12.0. The lowest BCUT2D eigenvalue weighted by Gasteiger charge is -2.22. The molecule has 0 fully saturated rings. The van der Waals surface area contributed by atoms with E-state index >= 15 is 0 Å². The third-order valence-corrected chi connectivity index (χ3v) is 6.72. The van der Waals surface area contributed by atoms with Crippen molar-refractivity contribution in [1.82, 2.24) is 0 Å². The lowest BCUT2D eigenvalue weighted by Crippen LogP contribution is -2.13. The highest BCUT2D eigenvalue weighted by atomic mass is 31.1. The summed E-state index contributed by atoms with van der Waals surface area (Å²) in [5.41, 5.74) is 4.50. The highest BCUT2D eigenvalue weighted by molar-refractivity contribution is 7.85. The zero-order chi connectivity index (χ0) is 18.4. The Labute approximate surface area is 153 Å². The van der Waals surface area contributed by atoms with Crippen molar-refractivity contribution in [3.05, 3.63) is 88.3 Å². The Bertz CT molecular complexity index is 777. The molecule has 0 aromatic heterocycles. The Morgan fingerprint density at radius 3 is 2.16 bits per heavy atom. The molecule has 2 rings (SSSR count). The van der Waals surface area contributed by atoms with E-state index in [1.165, 1.54) is 10.9 Å². The van der Waals surface area contributed by atoms with Gasteiger partial charge in [0, 0.05) is 13.5 Å². The zero-order valence-electron chi connectivity index (χ0n) is 15.8. The third kappa shape index (κ3) is 4.55. The van der Waals surface area contributed by atoms with Crippen LogP contribution in [0.4, 0.5) is 0 Å². The summed E-state index contributed by atoms with van der Waals surface area (Å²) in [5.74, 6) is 0. The summed E-state index contributed by atoms with van der Waals surface area (Å²) >= 11 is 0. The number of hydrogen-bond acceptors (Lipinski definition) is 1. The number of carbonyl (C=O) groups is 1. The Balaban J connectivity index is 2.62. The molecule has 2 aromatic rings.